The first-order chi connectivity index (χ1) is 15.0. The van der Waals surface area contributed by atoms with Crippen LogP contribution in [0.3, 0.4) is 0 Å². The van der Waals surface area contributed by atoms with Crippen LogP contribution < -0.4 is 10.1 Å². The highest BCUT2D eigenvalue weighted by molar-refractivity contribution is 5.78. The van der Waals surface area contributed by atoms with Gasteiger partial charge in [-0.05, 0) is 31.0 Å². The molecule has 2 N–H and O–H groups in total. The van der Waals surface area contributed by atoms with E-state index in [1.54, 1.807) is 12.1 Å². The molecule has 0 aliphatic carbocycles. The van der Waals surface area contributed by atoms with Gasteiger partial charge in [0.05, 0.1) is 19.8 Å². The number of nitrogens with one attached hydrogen (secondary N) is 1. The molecule has 3 atom stereocenters. The molecule has 1 saturated heterocycles. The first-order valence-corrected chi connectivity index (χ1v) is 10.5. The van der Waals surface area contributed by atoms with E-state index >= 15 is 0 Å². The standard InChI is InChI=1S/C20H24FN5O3.C2H6/c1-11-8-15(10-27)29-19(11)26-12(2)23-16-17(26)24-20(25-18(16)28-3)22-9-13-4-6-14(21)7-5-13;1-2/h4-7,11,15,19,27H,8-10H2,1-3H3,(H,22,24,25);1-2H3. The minimum Gasteiger partial charge on any atom is -0.479 e. The Hall–Kier alpha value is -2.78. The normalized spacial score (nSPS) is 20.4. The molecular weight excluding hydrogens is 401 g/mol. The smallest absolute Gasteiger partial charge is 0.246 e. The highest BCUT2D eigenvalue weighted by Crippen LogP contribution is 2.37. The minimum atomic E-state index is -0.278. The predicted molar refractivity (Wildman–Crippen MR) is 116 cm³/mol. The maximum absolute atomic E-state index is 13.1. The Kier molecular flexibility index (Phi) is 7.40. The van der Waals surface area contributed by atoms with Gasteiger partial charge in [-0.2, -0.15) is 9.97 Å². The van der Waals surface area contributed by atoms with Crippen LogP contribution in [-0.2, 0) is 11.3 Å². The van der Waals surface area contributed by atoms with Crippen molar-refractivity contribution in [3.05, 3.63) is 41.5 Å². The molecule has 2 aromatic heterocycles. The number of rotatable bonds is 6. The number of halogens is 1. The van der Waals surface area contributed by atoms with Crippen LogP contribution in [0.1, 0.15) is 44.8 Å². The van der Waals surface area contributed by atoms with Gasteiger partial charge < -0.3 is 19.9 Å². The maximum Gasteiger partial charge on any atom is 0.246 e. The summed E-state index contributed by atoms with van der Waals surface area (Å²) in [6.45, 7) is 8.38. The van der Waals surface area contributed by atoms with E-state index in [1.807, 2.05) is 25.3 Å². The lowest BCUT2D eigenvalue weighted by atomic mass is 10.1. The molecule has 0 saturated carbocycles. The summed E-state index contributed by atoms with van der Waals surface area (Å²) >= 11 is 0. The quantitative estimate of drug-likeness (QED) is 0.612. The fourth-order valence-corrected chi connectivity index (χ4v) is 3.72. The number of imidazole rings is 1. The molecule has 0 bridgehead atoms. The van der Waals surface area contributed by atoms with Gasteiger partial charge >= 0.3 is 0 Å². The number of hydrogen-bond acceptors (Lipinski definition) is 7. The Balaban J connectivity index is 0.00000132. The molecule has 4 rings (SSSR count). The van der Waals surface area contributed by atoms with E-state index in [4.69, 9.17) is 9.47 Å². The van der Waals surface area contributed by atoms with Crippen molar-refractivity contribution < 1.29 is 19.0 Å². The van der Waals surface area contributed by atoms with Crippen LogP contribution in [-0.4, -0.2) is 44.4 Å². The van der Waals surface area contributed by atoms with Crippen LogP contribution in [0.15, 0.2) is 24.3 Å². The summed E-state index contributed by atoms with van der Waals surface area (Å²) < 4.78 is 26.5. The molecule has 1 aliphatic heterocycles. The Labute approximate surface area is 181 Å². The fraction of sp³-hybridized carbons (Fsp3) is 0.500. The van der Waals surface area contributed by atoms with Crippen molar-refractivity contribution in [2.75, 3.05) is 19.0 Å². The topological polar surface area (TPSA) is 94.3 Å². The van der Waals surface area contributed by atoms with E-state index < -0.39 is 0 Å². The lowest BCUT2D eigenvalue weighted by Crippen LogP contribution is -2.17. The van der Waals surface area contributed by atoms with Crippen molar-refractivity contribution in [2.24, 2.45) is 5.92 Å². The SMILES string of the molecule is CC.COc1nc(NCc2ccc(F)cc2)nc2c1nc(C)n2C1OC(CO)CC1C. The number of hydrogen-bond donors (Lipinski definition) is 2. The van der Waals surface area contributed by atoms with Gasteiger partial charge in [0.25, 0.3) is 0 Å². The Morgan fingerprint density at radius 3 is 2.55 bits per heavy atom. The summed E-state index contributed by atoms with van der Waals surface area (Å²) in [5.41, 5.74) is 2.06. The second-order valence-electron chi connectivity index (χ2n) is 7.28. The molecule has 0 radical (unpaired) electrons. The summed E-state index contributed by atoms with van der Waals surface area (Å²) in [7, 11) is 1.54. The number of benzene rings is 1. The van der Waals surface area contributed by atoms with Crippen LogP contribution in [0, 0.1) is 18.7 Å². The second-order valence-corrected chi connectivity index (χ2v) is 7.28. The molecule has 9 heteroatoms. The first-order valence-electron chi connectivity index (χ1n) is 10.5. The summed E-state index contributed by atoms with van der Waals surface area (Å²) in [5.74, 6) is 1.39. The van der Waals surface area contributed by atoms with Crippen molar-refractivity contribution in [1.29, 1.82) is 0 Å². The molecular formula is C22H30FN5O3. The Bertz CT molecular complexity index is 1010. The van der Waals surface area contributed by atoms with Crippen LogP contribution >= 0.6 is 0 Å². The molecule has 0 amide bonds. The monoisotopic (exact) mass is 431 g/mol. The van der Waals surface area contributed by atoms with Crippen molar-refractivity contribution in [2.45, 2.75) is 53.0 Å². The first kappa shape index (κ1) is 22.9. The molecule has 1 aliphatic rings. The molecule has 1 aromatic carbocycles. The van der Waals surface area contributed by atoms with E-state index in [-0.39, 0.29) is 30.7 Å². The number of aliphatic hydroxyl groups is 1. The third-order valence-electron chi connectivity index (χ3n) is 5.15. The zero-order chi connectivity index (χ0) is 22.5. The van der Waals surface area contributed by atoms with Crippen LogP contribution in [0.4, 0.5) is 10.3 Å². The summed E-state index contributed by atoms with van der Waals surface area (Å²) in [6, 6.07) is 6.23. The second kappa shape index (κ2) is 10.0. The van der Waals surface area contributed by atoms with Crippen LogP contribution in [0.5, 0.6) is 5.88 Å². The molecule has 31 heavy (non-hydrogen) atoms. The number of aliphatic hydroxyl groups excluding tert-OH is 1. The van der Waals surface area contributed by atoms with Gasteiger partial charge in [0.15, 0.2) is 11.2 Å². The lowest BCUT2D eigenvalue weighted by molar-refractivity contribution is -0.0303. The Morgan fingerprint density at radius 2 is 1.94 bits per heavy atom. The van der Waals surface area contributed by atoms with Crippen molar-refractivity contribution >= 4 is 17.1 Å². The van der Waals surface area contributed by atoms with Gasteiger partial charge in [-0.25, -0.2) is 9.37 Å². The molecule has 1 fully saturated rings. The highest BCUT2D eigenvalue weighted by atomic mass is 19.1. The Morgan fingerprint density at radius 1 is 1.23 bits per heavy atom. The summed E-state index contributed by atoms with van der Waals surface area (Å²) in [5, 5.41) is 12.6. The van der Waals surface area contributed by atoms with Gasteiger partial charge in [0.2, 0.25) is 11.8 Å². The number of fused-ring (bicyclic) bond motifs is 1. The average molecular weight is 432 g/mol. The molecule has 3 heterocycles. The molecule has 0 spiro atoms. The third kappa shape index (κ3) is 4.77. The number of nitrogens with zero attached hydrogens (tertiary/aromatic N) is 4. The zero-order valence-corrected chi connectivity index (χ0v) is 18.6. The van der Waals surface area contributed by atoms with Crippen molar-refractivity contribution in [1.82, 2.24) is 19.5 Å². The summed E-state index contributed by atoms with van der Waals surface area (Å²) in [6.07, 6.45) is 0.284. The van der Waals surface area contributed by atoms with Gasteiger partial charge in [-0.1, -0.05) is 32.9 Å². The largest absolute Gasteiger partial charge is 0.479 e. The van der Waals surface area contributed by atoms with Crippen LogP contribution in [0.2, 0.25) is 0 Å². The van der Waals surface area contributed by atoms with Crippen LogP contribution in [0.25, 0.3) is 11.2 Å². The number of anilines is 1. The van der Waals surface area contributed by atoms with E-state index in [0.29, 0.717) is 29.5 Å². The van der Waals surface area contributed by atoms with Crippen molar-refractivity contribution in [3.63, 3.8) is 0 Å². The minimum absolute atomic E-state index is 0.0186. The van der Waals surface area contributed by atoms with Gasteiger partial charge in [0, 0.05) is 12.5 Å². The number of aryl methyl sites for hydroxylation is 1. The fourth-order valence-electron chi connectivity index (χ4n) is 3.72. The number of ether oxygens (including phenoxy) is 2. The predicted octanol–water partition coefficient (Wildman–Crippen LogP) is 3.84. The van der Waals surface area contributed by atoms with Crippen molar-refractivity contribution in [3.8, 4) is 5.88 Å². The maximum atomic E-state index is 13.1. The molecule has 3 unspecified atom stereocenters. The van der Waals surface area contributed by atoms with Gasteiger partial charge in [0.1, 0.15) is 17.9 Å². The number of aromatic nitrogens is 4. The van der Waals surface area contributed by atoms with Gasteiger partial charge in [-0.15, -0.1) is 0 Å². The van der Waals surface area contributed by atoms with E-state index in [0.717, 1.165) is 17.8 Å². The molecule has 8 nitrogen and oxygen atoms in total. The number of methoxy groups -OCH3 is 1. The summed E-state index contributed by atoms with van der Waals surface area (Å²) in [4.78, 5) is 13.6. The van der Waals surface area contributed by atoms with E-state index in [9.17, 15) is 9.50 Å². The van der Waals surface area contributed by atoms with E-state index in [2.05, 4.69) is 27.2 Å². The molecule has 168 valence electrons. The van der Waals surface area contributed by atoms with Gasteiger partial charge in [-0.3, -0.25) is 4.57 Å². The highest BCUT2D eigenvalue weighted by Gasteiger charge is 2.35. The zero-order valence-electron chi connectivity index (χ0n) is 18.6. The van der Waals surface area contributed by atoms with E-state index in [1.165, 1.54) is 19.2 Å². The lowest BCUT2D eigenvalue weighted by Gasteiger charge is -2.19. The molecule has 3 aromatic rings. The third-order valence-corrected chi connectivity index (χ3v) is 5.15. The average Bonchev–Trinajstić information content (AvgIpc) is 3.32.